The number of furan rings is 1. The SMILES string of the molecule is Cn1nccc1-c1cc(C(=O)NC(CN)Cc2ccccc2C(F)(F)F)oc1Cl. The molecule has 3 aromatic rings. The van der Waals surface area contributed by atoms with Gasteiger partial charge in [0.15, 0.2) is 5.76 Å². The van der Waals surface area contributed by atoms with Crippen LogP contribution in [-0.4, -0.2) is 28.3 Å². The van der Waals surface area contributed by atoms with E-state index in [1.807, 2.05) is 0 Å². The lowest BCUT2D eigenvalue weighted by atomic mass is 9.99. The molecule has 1 amide bonds. The molecule has 10 heteroatoms. The quantitative estimate of drug-likeness (QED) is 0.630. The van der Waals surface area contributed by atoms with Crippen molar-refractivity contribution in [3.8, 4) is 11.3 Å². The molecular weight excluding hydrogens is 409 g/mol. The predicted molar refractivity (Wildman–Crippen MR) is 101 cm³/mol. The molecule has 0 saturated heterocycles. The summed E-state index contributed by atoms with van der Waals surface area (Å²) < 4.78 is 46.5. The monoisotopic (exact) mass is 426 g/mol. The molecule has 0 saturated carbocycles. The molecule has 0 fully saturated rings. The Hall–Kier alpha value is -2.78. The first-order valence-corrected chi connectivity index (χ1v) is 9.02. The zero-order valence-corrected chi connectivity index (χ0v) is 16.1. The number of nitrogens with two attached hydrogens (primary N) is 1. The molecule has 0 aliphatic carbocycles. The number of nitrogens with one attached hydrogen (secondary N) is 1. The lowest BCUT2D eigenvalue weighted by molar-refractivity contribution is -0.138. The van der Waals surface area contributed by atoms with Crippen LogP contribution >= 0.6 is 11.6 Å². The molecule has 0 radical (unpaired) electrons. The molecule has 0 aliphatic heterocycles. The van der Waals surface area contributed by atoms with Gasteiger partial charge >= 0.3 is 6.18 Å². The molecule has 1 unspecified atom stereocenters. The lowest BCUT2D eigenvalue weighted by Crippen LogP contribution is -2.42. The molecule has 29 heavy (non-hydrogen) atoms. The predicted octanol–water partition coefficient (Wildman–Crippen LogP) is 3.65. The summed E-state index contributed by atoms with van der Waals surface area (Å²) in [6.45, 7) is -0.0546. The first-order valence-electron chi connectivity index (χ1n) is 8.64. The first-order chi connectivity index (χ1) is 13.7. The van der Waals surface area contributed by atoms with E-state index in [9.17, 15) is 18.0 Å². The fourth-order valence-electron chi connectivity index (χ4n) is 2.98. The number of amides is 1. The highest BCUT2D eigenvalue weighted by molar-refractivity contribution is 6.31. The highest BCUT2D eigenvalue weighted by Gasteiger charge is 2.33. The number of benzene rings is 1. The van der Waals surface area contributed by atoms with Crippen LogP contribution in [0.1, 0.15) is 21.7 Å². The number of carbonyl (C=O) groups excluding carboxylic acids is 1. The van der Waals surface area contributed by atoms with Crippen molar-refractivity contribution >= 4 is 17.5 Å². The third kappa shape index (κ3) is 4.63. The number of rotatable bonds is 6. The minimum atomic E-state index is -4.49. The second kappa shape index (κ2) is 8.30. The van der Waals surface area contributed by atoms with E-state index >= 15 is 0 Å². The van der Waals surface area contributed by atoms with Gasteiger partial charge in [0.25, 0.3) is 5.91 Å². The van der Waals surface area contributed by atoms with Crippen LogP contribution in [0.2, 0.25) is 5.22 Å². The minimum absolute atomic E-state index is 0.00506. The van der Waals surface area contributed by atoms with E-state index < -0.39 is 23.7 Å². The molecule has 2 aromatic heterocycles. The Kier molecular flexibility index (Phi) is 5.99. The van der Waals surface area contributed by atoms with Crippen molar-refractivity contribution in [2.24, 2.45) is 12.8 Å². The van der Waals surface area contributed by atoms with E-state index in [-0.39, 0.29) is 29.5 Å². The van der Waals surface area contributed by atoms with E-state index in [4.69, 9.17) is 21.8 Å². The smallest absolute Gasteiger partial charge is 0.416 e. The van der Waals surface area contributed by atoms with Crippen molar-refractivity contribution < 1.29 is 22.4 Å². The van der Waals surface area contributed by atoms with Gasteiger partial charge in [-0.2, -0.15) is 18.3 Å². The van der Waals surface area contributed by atoms with E-state index in [0.717, 1.165) is 6.07 Å². The normalized spacial score (nSPS) is 12.8. The van der Waals surface area contributed by atoms with Gasteiger partial charge in [0.05, 0.1) is 16.8 Å². The van der Waals surface area contributed by atoms with Gasteiger partial charge in [-0.3, -0.25) is 9.48 Å². The van der Waals surface area contributed by atoms with E-state index in [0.29, 0.717) is 11.3 Å². The molecule has 1 atom stereocenters. The van der Waals surface area contributed by atoms with Crippen LogP contribution in [0.5, 0.6) is 0 Å². The third-order valence-corrected chi connectivity index (χ3v) is 4.70. The Morgan fingerprint density at radius 1 is 1.34 bits per heavy atom. The maximum Gasteiger partial charge on any atom is 0.416 e. The third-order valence-electron chi connectivity index (χ3n) is 4.42. The Balaban J connectivity index is 1.77. The number of aromatic nitrogens is 2. The minimum Gasteiger partial charge on any atom is -0.439 e. The van der Waals surface area contributed by atoms with E-state index in [2.05, 4.69) is 10.4 Å². The molecule has 2 heterocycles. The summed E-state index contributed by atoms with van der Waals surface area (Å²) in [5, 5.41) is 6.64. The van der Waals surface area contributed by atoms with Gasteiger partial charge in [-0.25, -0.2) is 0 Å². The van der Waals surface area contributed by atoms with Crippen LogP contribution in [0.4, 0.5) is 13.2 Å². The topological polar surface area (TPSA) is 86.1 Å². The summed E-state index contributed by atoms with van der Waals surface area (Å²) in [7, 11) is 1.71. The van der Waals surface area contributed by atoms with Gasteiger partial charge in [-0.05, 0) is 35.7 Å². The van der Waals surface area contributed by atoms with Crippen molar-refractivity contribution in [2.75, 3.05) is 6.54 Å². The number of aryl methyl sites for hydroxylation is 1. The Bertz CT molecular complexity index is 1010. The molecule has 154 valence electrons. The molecule has 3 rings (SSSR count). The van der Waals surface area contributed by atoms with E-state index in [1.165, 1.54) is 24.3 Å². The zero-order valence-electron chi connectivity index (χ0n) is 15.3. The van der Waals surface area contributed by atoms with Gasteiger partial charge in [0, 0.05) is 31.9 Å². The average molecular weight is 427 g/mol. The van der Waals surface area contributed by atoms with Crippen LogP contribution in [0.25, 0.3) is 11.3 Å². The maximum absolute atomic E-state index is 13.2. The van der Waals surface area contributed by atoms with Crippen LogP contribution in [0.3, 0.4) is 0 Å². The summed E-state index contributed by atoms with van der Waals surface area (Å²) in [6.07, 6.45) is -3.01. The summed E-state index contributed by atoms with van der Waals surface area (Å²) in [5.41, 5.74) is 6.08. The maximum atomic E-state index is 13.2. The summed E-state index contributed by atoms with van der Waals surface area (Å²) >= 11 is 6.09. The highest BCUT2D eigenvalue weighted by atomic mass is 35.5. The van der Waals surface area contributed by atoms with Crippen molar-refractivity contribution in [3.05, 3.63) is 64.7 Å². The number of halogens is 4. The number of carbonyl (C=O) groups is 1. The number of nitrogens with zero attached hydrogens (tertiary/aromatic N) is 2. The number of alkyl halides is 3. The Morgan fingerprint density at radius 3 is 2.69 bits per heavy atom. The summed E-state index contributed by atoms with van der Waals surface area (Å²) in [5.74, 6) is -0.700. The first kappa shape index (κ1) is 20.9. The van der Waals surface area contributed by atoms with Crippen molar-refractivity contribution in [2.45, 2.75) is 18.6 Å². The number of hydrogen-bond donors (Lipinski definition) is 2. The van der Waals surface area contributed by atoms with Gasteiger partial charge in [0.1, 0.15) is 0 Å². The van der Waals surface area contributed by atoms with Crippen LogP contribution in [0.15, 0.2) is 47.0 Å². The Morgan fingerprint density at radius 2 is 2.07 bits per heavy atom. The van der Waals surface area contributed by atoms with Crippen LogP contribution in [0, 0.1) is 0 Å². The standard InChI is InChI=1S/C19H18ClF3N4O2/c1-27-15(6-7-25-27)13-9-16(29-17(13)20)18(28)26-12(10-24)8-11-4-2-3-5-14(11)19(21,22)23/h2-7,9,12H,8,10,24H2,1H3,(H,26,28). The van der Waals surface area contributed by atoms with Crippen LogP contribution < -0.4 is 11.1 Å². The van der Waals surface area contributed by atoms with Gasteiger partial charge in [0.2, 0.25) is 5.22 Å². The van der Waals surface area contributed by atoms with Crippen molar-refractivity contribution in [1.29, 1.82) is 0 Å². The van der Waals surface area contributed by atoms with Gasteiger partial charge in [-0.15, -0.1) is 0 Å². The fraction of sp³-hybridized carbons (Fsp3) is 0.263. The molecular formula is C19H18ClF3N4O2. The van der Waals surface area contributed by atoms with Crippen molar-refractivity contribution in [3.63, 3.8) is 0 Å². The highest BCUT2D eigenvalue weighted by Crippen LogP contribution is 2.33. The molecule has 1 aromatic carbocycles. The molecule has 0 aliphatic rings. The summed E-state index contributed by atoms with van der Waals surface area (Å²) in [4.78, 5) is 12.5. The molecule has 0 spiro atoms. The second-order valence-corrected chi connectivity index (χ2v) is 6.75. The molecule has 0 bridgehead atoms. The fourth-order valence-corrected chi connectivity index (χ4v) is 3.22. The zero-order chi connectivity index (χ0) is 21.2. The molecule has 3 N–H and O–H groups in total. The number of hydrogen-bond acceptors (Lipinski definition) is 4. The second-order valence-electron chi connectivity index (χ2n) is 6.40. The van der Waals surface area contributed by atoms with Gasteiger partial charge in [-0.1, -0.05) is 18.2 Å². The lowest BCUT2D eigenvalue weighted by Gasteiger charge is -2.19. The average Bonchev–Trinajstić information content (AvgIpc) is 3.25. The van der Waals surface area contributed by atoms with Crippen LogP contribution in [-0.2, 0) is 19.6 Å². The molecule has 6 nitrogen and oxygen atoms in total. The van der Waals surface area contributed by atoms with Crippen molar-refractivity contribution in [1.82, 2.24) is 15.1 Å². The van der Waals surface area contributed by atoms with Gasteiger partial charge < -0.3 is 15.5 Å². The largest absolute Gasteiger partial charge is 0.439 e. The van der Waals surface area contributed by atoms with E-state index in [1.54, 1.807) is 24.0 Å². The summed E-state index contributed by atoms with van der Waals surface area (Å²) in [6, 6.07) is 7.61. The Labute approximate surface area is 169 Å².